The van der Waals surface area contributed by atoms with Crippen LogP contribution in [0.1, 0.15) is 33.7 Å². The van der Waals surface area contributed by atoms with Gasteiger partial charge in [0.15, 0.2) is 0 Å². The number of carbonyl (C=O) groups is 1. The Morgan fingerprint density at radius 3 is 3.19 bits per heavy atom. The minimum atomic E-state index is -0.00935. The fourth-order valence-corrected chi connectivity index (χ4v) is 3.47. The molecule has 3 heterocycles. The molecule has 0 fully saturated rings. The van der Waals surface area contributed by atoms with Gasteiger partial charge in [0.05, 0.1) is 17.2 Å². The maximum atomic E-state index is 12.8. The van der Waals surface area contributed by atoms with E-state index in [1.54, 1.807) is 11.1 Å². The number of rotatable bonds is 3. The summed E-state index contributed by atoms with van der Waals surface area (Å²) in [5.41, 5.74) is 1.55. The van der Waals surface area contributed by atoms with E-state index in [2.05, 4.69) is 16.9 Å². The number of aromatic nitrogens is 2. The van der Waals surface area contributed by atoms with Gasteiger partial charge in [0.2, 0.25) is 5.88 Å². The van der Waals surface area contributed by atoms with Gasteiger partial charge in [-0.05, 0) is 31.9 Å². The van der Waals surface area contributed by atoms with E-state index < -0.39 is 0 Å². The van der Waals surface area contributed by atoms with E-state index in [1.807, 2.05) is 19.1 Å². The third kappa shape index (κ3) is 2.63. The van der Waals surface area contributed by atoms with Crippen LogP contribution in [-0.2, 0) is 6.42 Å². The first kappa shape index (κ1) is 14.0. The Labute approximate surface area is 127 Å². The first-order valence-electron chi connectivity index (χ1n) is 7.06. The van der Waals surface area contributed by atoms with E-state index in [9.17, 15) is 4.79 Å². The summed E-state index contributed by atoms with van der Waals surface area (Å²) in [5.74, 6) is 0.512. The van der Waals surface area contributed by atoms with Gasteiger partial charge in [-0.25, -0.2) is 9.97 Å². The number of anilines is 1. The summed E-state index contributed by atoms with van der Waals surface area (Å²) in [6.45, 7) is 5.02. The molecule has 0 saturated heterocycles. The molecule has 0 N–H and O–H groups in total. The Balaban J connectivity index is 1.93. The van der Waals surface area contributed by atoms with Crippen LogP contribution in [0.3, 0.4) is 0 Å². The lowest BCUT2D eigenvalue weighted by atomic mass is 10.2. The van der Waals surface area contributed by atoms with E-state index in [4.69, 9.17) is 4.74 Å². The van der Waals surface area contributed by atoms with Gasteiger partial charge in [-0.3, -0.25) is 9.69 Å². The molecule has 1 amide bonds. The van der Waals surface area contributed by atoms with Crippen molar-refractivity contribution in [3.05, 3.63) is 33.9 Å². The number of hydrogen-bond donors (Lipinski definition) is 0. The average molecular weight is 303 g/mol. The predicted molar refractivity (Wildman–Crippen MR) is 82.3 cm³/mol. The molecule has 2 aromatic heterocycles. The van der Waals surface area contributed by atoms with Gasteiger partial charge in [0.1, 0.15) is 17.2 Å². The number of fused-ring (bicyclic) bond motifs is 1. The molecular formula is C15H17N3O2S. The fourth-order valence-electron chi connectivity index (χ4n) is 2.36. The summed E-state index contributed by atoms with van der Waals surface area (Å²) in [6, 6.07) is 3.68. The molecule has 0 aromatic carbocycles. The molecule has 0 saturated carbocycles. The van der Waals surface area contributed by atoms with Crippen LogP contribution in [0.15, 0.2) is 18.3 Å². The second-order valence-electron chi connectivity index (χ2n) is 4.91. The molecule has 0 unspecified atom stereocenters. The van der Waals surface area contributed by atoms with E-state index >= 15 is 0 Å². The molecule has 2 aromatic rings. The second-order valence-corrected chi connectivity index (χ2v) is 5.99. The van der Waals surface area contributed by atoms with Crippen molar-refractivity contribution in [1.82, 2.24) is 9.97 Å². The van der Waals surface area contributed by atoms with Gasteiger partial charge in [-0.1, -0.05) is 6.92 Å². The molecule has 21 heavy (non-hydrogen) atoms. The minimum absolute atomic E-state index is 0.00935. The van der Waals surface area contributed by atoms with Gasteiger partial charge >= 0.3 is 0 Å². The SMILES string of the molecule is CCCc1nc(C)c(C(=O)N2CCOc3ncccc32)s1. The van der Waals surface area contributed by atoms with Gasteiger partial charge in [-0.2, -0.15) is 0 Å². The van der Waals surface area contributed by atoms with Gasteiger partial charge in [0, 0.05) is 6.20 Å². The number of hydrogen-bond acceptors (Lipinski definition) is 5. The summed E-state index contributed by atoms with van der Waals surface area (Å²) in [4.78, 5) is 23.9. The highest BCUT2D eigenvalue weighted by Gasteiger charge is 2.28. The summed E-state index contributed by atoms with van der Waals surface area (Å²) in [5, 5.41) is 1.03. The molecule has 1 aliphatic rings. The lowest BCUT2D eigenvalue weighted by Gasteiger charge is -2.28. The zero-order valence-electron chi connectivity index (χ0n) is 12.1. The molecule has 6 heteroatoms. The highest BCUT2D eigenvalue weighted by molar-refractivity contribution is 7.13. The number of aryl methyl sites for hydroxylation is 2. The van der Waals surface area contributed by atoms with Crippen molar-refractivity contribution in [3.8, 4) is 5.88 Å². The largest absolute Gasteiger partial charge is 0.474 e. The Kier molecular flexibility index (Phi) is 3.88. The molecule has 0 spiro atoms. The molecule has 0 bridgehead atoms. The zero-order chi connectivity index (χ0) is 14.8. The molecule has 1 aliphatic heterocycles. The van der Waals surface area contributed by atoms with Crippen molar-refractivity contribution in [3.63, 3.8) is 0 Å². The van der Waals surface area contributed by atoms with Gasteiger partial charge in [-0.15, -0.1) is 11.3 Å². The molecule has 0 atom stereocenters. The smallest absolute Gasteiger partial charge is 0.270 e. The molecular weight excluding hydrogens is 286 g/mol. The molecule has 5 nitrogen and oxygen atoms in total. The summed E-state index contributed by atoms with van der Waals surface area (Å²) in [7, 11) is 0. The first-order chi connectivity index (χ1) is 10.2. The van der Waals surface area contributed by atoms with Crippen molar-refractivity contribution < 1.29 is 9.53 Å². The van der Waals surface area contributed by atoms with Crippen molar-refractivity contribution in [1.29, 1.82) is 0 Å². The van der Waals surface area contributed by atoms with Crippen LogP contribution in [0.25, 0.3) is 0 Å². The van der Waals surface area contributed by atoms with Crippen molar-refractivity contribution in [2.75, 3.05) is 18.1 Å². The Bertz CT molecular complexity index is 669. The average Bonchev–Trinajstić information content (AvgIpc) is 2.87. The normalized spacial score (nSPS) is 13.7. The van der Waals surface area contributed by atoms with E-state index in [0.29, 0.717) is 19.0 Å². The summed E-state index contributed by atoms with van der Waals surface area (Å²) >= 11 is 1.50. The third-order valence-corrected chi connectivity index (χ3v) is 4.54. The van der Waals surface area contributed by atoms with Crippen LogP contribution in [-0.4, -0.2) is 29.0 Å². The van der Waals surface area contributed by atoms with Crippen LogP contribution < -0.4 is 9.64 Å². The lowest BCUT2D eigenvalue weighted by Crippen LogP contribution is -2.38. The Morgan fingerprint density at radius 2 is 2.38 bits per heavy atom. The topological polar surface area (TPSA) is 55.3 Å². The molecule has 110 valence electrons. The first-order valence-corrected chi connectivity index (χ1v) is 7.88. The standard InChI is InChI=1S/C15H17N3O2S/c1-3-5-12-17-10(2)13(21-12)15(19)18-8-9-20-14-11(18)6-4-7-16-14/h4,6-7H,3,5,8-9H2,1-2H3. The number of carbonyl (C=O) groups excluding carboxylic acids is 1. The second kappa shape index (κ2) is 5.81. The molecule has 0 radical (unpaired) electrons. The maximum Gasteiger partial charge on any atom is 0.270 e. The highest BCUT2D eigenvalue weighted by atomic mass is 32.1. The highest BCUT2D eigenvalue weighted by Crippen LogP contribution is 2.31. The van der Waals surface area contributed by atoms with E-state index in [-0.39, 0.29) is 5.91 Å². The fraction of sp³-hybridized carbons (Fsp3) is 0.400. The number of pyridine rings is 1. The number of nitrogens with zero attached hydrogens (tertiary/aromatic N) is 3. The molecule has 0 aliphatic carbocycles. The number of thiazole rings is 1. The molecule has 3 rings (SSSR count). The van der Waals surface area contributed by atoms with Crippen molar-refractivity contribution in [2.45, 2.75) is 26.7 Å². The zero-order valence-corrected chi connectivity index (χ0v) is 12.9. The van der Waals surface area contributed by atoms with Gasteiger partial charge < -0.3 is 4.74 Å². The van der Waals surface area contributed by atoms with Crippen LogP contribution in [0.5, 0.6) is 5.88 Å². The van der Waals surface area contributed by atoms with Crippen molar-refractivity contribution >= 4 is 22.9 Å². The van der Waals surface area contributed by atoms with E-state index in [1.165, 1.54) is 11.3 Å². The van der Waals surface area contributed by atoms with Crippen LogP contribution in [0.4, 0.5) is 5.69 Å². The monoisotopic (exact) mass is 303 g/mol. The quantitative estimate of drug-likeness (QED) is 0.875. The Morgan fingerprint density at radius 1 is 1.52 bits per heavy atom. The lowest BCUT2D eigenvalue weighted by molar-refractivity contribution is 0.0979. The van der Waals surface area contributed by atoms with Crippen molar-refractivity contribution in [2.24, 2.45) is 0 Å². The third-order valence-electron chi connectivity index (χ3n) is 3.34. The van der Waals surface area contributed by atoms with Crippen LogP contribution >= 0.6 is 11.3 Å². The number of ether oxygens (including phenoxy) is 1. The predicted octanol–water partition coefficient (Wildman–Crippen LogP) is 2.84. The summed E-state index contributed by atoms with van der Waals surface area (Å²) in [6.07, 6.45) is 3.62. The maximum absolute atomic E-state index is 12.8. The Hall–Kier alpha value is -1.95. The minimum Gasteiger partial charge on any atom is -0.474 e. The van der Waals surface area contributed by atoms with E-state index in [0.717, 1.165) is 34.1 Å². The number of amides is 1. The van der Waals surface area contributed by atoms with Gasteiger partial charge in [0.25, 0.3) is 5.91 Å². The van der Waals surface area contributed by atoms with Crippen LogP contribution in [0, 0.1) is 6.92 Å². The van der Waals surface area contributed by atoms with Crippen LogP contribution in [0.2, 0.25) is 0 Å². The summed E-state index contributed by atoms with van der Waals surface area (Å²) < 4.78 is 5.50.